The predicted octanol–water partition coefficient (Wildman–Crippen LogP) is 5.51. The molecule has 0 fully saturated rings. The van der Waals surface area contributed by atoms with Crippen LogP contribution >= 0.6 is 54.5 Å². The summed E-state index contributed by atoms with van der Waals surface area (Å²) in [6.07, 6.45) is 2.39. The molecule has 0 aliphatic carbocycles. The third-order valence-electron chi connectivity index (χ3n) is 3.85. The van der Waals surface area contributed by atoms with Gasteiger partial charge in [-0.05, 0) is 40.5 Å². The Balaban J connectivity index is 2.19. The van der Waals surface area contributed by atoms with E-state index in [0.29, 0.717) is 22.5 Å². The van der Waals surface area contributed by atoms with Crippen LogP contribution in [0, 0.1) is 3.77 Å². The molecule has 0 saturated carbocycles. The average molecular weight is 579 g/mol. The van der Waals surface area contributed by atoms with Crippen LogP contribution < -0.4 is 5.56 Å². The van der Waals surface area contributed by atoms with E-state index in [-0.39, 0.29) is 11.5 Å². The van der Waals surface area contributed by atoms with Crippen molar-refractivity contribution in [2.24, 2.45) is 5.10 Å². The first kappa shape index (κ1) is 18.8. The molecule has 0 spiro atoms. The van der Waals surface area contributed by atoms with Gasteiger partial charge in [-0.2, -0.15) is 9.78 Å². The van der Waals surface area contributed by atoms with Gasteiger partial charge in [0.05, 0.1) is 21.6 Å². The van der Waals surface area contributed by atoms with Crippen LogP contribution in [0.4, 0.5) is 0 Å². The molecule has 0 aliphatic heterocycles. The minimum Gasteiger partial charge on any atom is -0.448 e. The molecular formula is C17H14Br2IN3O2. The second-order valence-electron chi connectivity index (χ2n) is 5.57. The van der Waals surface area contributed by atoms with E-state index in [2.05, 4.69) is 71.5 Å². The van der Waals surface area contributed by atoms with Gasteiger partial charge in [-0.15, -0.1) is 0 Å². The molecule has 0 radical (unpaired) electrons. The Morgan fingerprint density at radius 3 is 2.80 bits per heavy atom. The summed E-state index contributed by atoms with van der Waals surface area (Å²) in [5, 5.41) is 4.88. The van der Waals surface area contributed by atoms with Crippen molar-refractivity contribution >= 4 is 71.6 Å². The molecule has 5 nitrogen and oxygen atoms in total. The molecule has 1 atom stereocenters. The van der Waals surface area contributed by atoms with Crippen molar-refractivity contribution in [2.45, 2.75) is 26.2 Å². The van der Waals surface area contributed by atoms with Crippen LogP contribution in [0.5, 0.6) is 0 Å². The monoisotopic (exact) mass is 577 g/mol. The van der Waals surface area contributed by atoms with Crippen LogP contribution in [0.3, 0.4) is 0 Å². The highest BCUT2D eigenvalue weighted by Gasteiger charge is 2.15. The molecule has 0 bridgehead atoms. The van der Waals surface area contributed by atoms with Crippen molar-refractivity contribution in [3.8, 4) is 0 Å². The Morgan fingerprint density at radius 2 is 2.16 bits per heavy atom. The molecule has 8 heteroatoms. The summed E-state index contributed by atoms with van der Waals surface area (Å²) in [6, 6.07) is 7.30. The van der Waals surface area contributed by atoms with Gasteiger partial charge in [-0.1, -0.05) is 29.8 Å². The SMILES string of the molecule is CC[C@H](C)c1nc2ccc(Br)cc2c(=O)n1N=Cc1cc(Br)c(I)o1. The van der Waals surface area contributed by atoms with Gasteiger partial charge < -0.3 is 4.42 Å². The Morgan fingerprint density at radius 1 is 1.40 bits per heavy atom. The van der Waals surface area contributed by atoms with E-state index in [1.807, 2.05) is 25.1 Å². The molecule has 0 aliphatic rings. The highest BCUT2D eigenvalue weighted by Crippen LogP contribution is 2.23. The fourth-order valence-electron chi connectivity index (χ4n) is 2.32. The number of hydrogen-bond donors (Lipinski definition) is 0. The molecule has 3 rings (SSSR count). The number of benzene rings is 1. The topological polar surface area (TPSA) is 60.4 Å². The van der Waals surface area contributed by atoms with Gasteiger partial charge in [0.2, 0.25) is 0 Å². The molecule has 2 aromatic heterocycles. The Labute approximate surface area is 174 Å². The summed E-state index contributed by atoms with van der Waals surface area (Å²) >= 11 is 8.88. The van der Waals surface area contributed by atoms with Gasteiger partial charge in [0.1, 0.15) is 11.6 Å². The summed E-state index contributed by atoms with van der Waals surface area (Å²) < 4.78 is 9.33. The van der Waals surface area contributed by atoms with Gasteiger partial charge in [0.25, 0.3) is 5.56 Å². The quantitative estimate of drug-likeness (QED) is 0.303. The largest absolute Gasteiger partial charge is 0.448 e. The van der Waals surface area contributed by atoms with Crippen molar-refractivity contribution < 1.29 is 4.42 Å². The molecular weight excluding hydrogens is 565 g/mol. The fourth-order valence-corrected chi connectivity index (χ4v) is 3.40. The molecule has 25 heavy (non-hydrogen) atoms. The van der Waals surface area contributed by atoms with Crippen LogP contribution in [0.2, 0.25) is 0 Å². The Kier molecular flexibility index (Phi) is 5.79. The van der Waals surface area contributed by atoms with Gasteiger partial charge in [-0.3, -0.25) is 4.79 Å². The van der Waals surface area contributed by atoms with E-state index >= 15 is 0 Å². The standard InChI is InChI=1S/C17H14Br2IN3O2/c1-3-9(2)16-22-14-5-4-10(18)6-12(14)17(24)23(16)21-8-11-7-13(19)15(20)25-11/h4-9H,3H2,1-2H3/t9-/m0/s1. The van der Waals surface area contributed by atoms with Crippen LogP contribution in [-0.2, 0) is 0 Å². The second kappa shape index (κ2) is 7.71. The molecule has 0 unspecified atom stereocenters. The number of aromatic nitrogens is 2. The van der Waals surface area contributed by atoms with Gasteiger partial charge in [-0.25, -0.2) is 4.98 Å². The van der Waals surface area contributed by atoms with Gasteiger partial charge in [0.15, 0.2) is 3.77 Å². The Hall–Kier alpha value is -1.000. The van der Waals surface area contributed by atoms with Crippen LogP contribution in [0.15, 0.2) is 47.5 Å². The zero-order valence-electron chi connectivity index (χ0n) is 13.5. The number of halogens is 3. The lowest BCUT2D eigenvalue weighted by molar-refractivity contribution is 0.528. The minimum absolute atomic E-state index is 0.0985. The molecule has 2 heterocycles. The summed E-state index contributed by atoms with van der Waals surface area (Å²) in [5.41, 5.74) is 0.475. The summed E-state index contributed by atoms with van der Waals surface area (Å²) in [7, 11) is 0. The molecule has 0 saturated heterocycles. The molecule has 0 amide bonds. The smallest absolute Gasteiger partial charge is 0.282 e. The molecule has 130 valence electrons. The van der Waals surface area contributed by atoms with E-state index < -0.39 is 0 Å². The number of hydrogen-bond acceptors (Lipinski definition) is 4. The summed E-state index contributed by atoms with van der Waals surface area (Å²) in [4.78, 5) is 17.6. The third-order valence-corrected chi connectivity index (χ3v) is 6.48. The molecule has 1 aromatic carbocycles. The number of nitrogens with zero attached hydrogens (tertiary/aromatic N) is 3. The summed E-state index contributed by atoms with van der Waals surface area (Å²) in [6.45, 7) is 4.09. The van der Waals surface area contributed by atoms with Crippen LogP contribution in [-0.4, -0.2) is 15.9 Å². The maximum atomic E-state index is 13.0. The van der Waals surface area contributed by atoms with E-state index in [0.717, 1.165) is 19.1 Å². The van der Waals surface area contributed by atoms with Crippen molar-refractivity contribution in [1.29, 1.82) is 0 Å². The first-order valence-corrected chi connectivity index (χ1v) is 10.3. The maximum absolute atomic E-state index is 13.0. The zero-order chi connectivity index (χ0) is 18.1. The first-order valence-electron chi connectivity index (χ1n) is 7.62. The van der Waals surface area contributed by atoms with Gasteiger partial charge >= 0.3 is 0 Å². The van der Waals surface area contributed by atoms with E-state index in [4.69, 9.17) is 4.42 Å². The van der Waals surface area contributed by atoms with E-state index in [1.165, 1.54) is 10.9 Å². The van der Waals surface area contributed by atoms with Crippen molar-refractivity contribution in [1.82, 2.24) is 9.66 Å². The normalized spacial score (nSPS) is 13.0. The number of furan rings is 1. The zero-order valence-corrected chi connectivity index (χ0v) is 18.8. The fraction of sp³-hybridized carbons (Fsp3) is 0.235. The summed E-state index contributed by atoms with van der Waals surface area (Å²) in [5.74, 6) is 1.30. The lowest BCUT2D eigenvalue weighted by atomic mass is 10.1. The lowest BCUT2D eigenvalue weighted by Gasteiger charge is -2.13. The number of fused-ring (bicyclic) bond motifs is 1. The highest BCUT2D eigenvalue weighted by atomic mass is 127. The van der Waals surface area contributed by atoms with Crippen molar-refractivity contribution in [3.05, 3.63) is 58.9 Å². The van der Waals surface area contributed by atoms with Gasteiger partial charge in [0, 0.05) is 39.0 Å². The molecule has 0 N–H and O–H groups in total. The Bertz CT molecular complexity index is 1010. The van der Waals surface area contributed by atoms with Crippen molar-refractivity contribution in [2.75, 3.05) is 0 Å². The first-order chi connectivity index (χ1) is 11.9. The number of rotatable bonds is 4. The predicted molar refractivity (Wildman–Crippen MR) is 115 cm³/mol. The van der Waals surface area contributed by atoms with Crippen LogP contribution in [0.1, 0.15) is 37.8 Å². The third kappa shape index (κ3) is 3.90. The lowest BCUT2D eigenvalue weighted by Crippen LogP contribution is -2.23. The molecule has 3 aromatic rings. The second-order valence-corrected chi connectivity index (χ2v) is 8.32. The van der Waals surface area contributed by atoms with E-state index in [1.54, 1.807) is 6.07 Å². The average Bonchev–Trinajstić information content (AvgIpc) is 2.91. The highest BCUT2D eigenvalue weighted by molar-refractivity contribution is 14.1. The maximum Gasteiger partial charge on any atom is 0.282 e. The van der Waals surface area contributed by atoms with E-state index in [9.17, 15) is 4.79 Å². The minimum atomic E-state index is -0.196. The van der Waals surface area contributed by atoms with Crippen LogP contribution in [0.25, 0.3) is 10.9 Å². The van der Waals surface area contributed by atoms with Crippen molar-refractivity contribution in [3.63, 3.8) is 0 Å².